The molecule has 110 valence electrons. The van der Waals surface area contributed by atoms with Crippen molar-refractivity contribution >= 4 is 5.97 Å². The second kappa shape index (κ2) is 8.47. The normalized spacial score (nSPS) is 15.8. The first-order valence-corrected chi connectivity index (χ1v) is 6.49. The summed E-state index contributed by atoms with van der Waals surface area (Å²) in [5.74, 6) is -0.337. The zero-order chi connectivity index (χ0) is 15.0. The van der Waals surface area contributed by atoms with E-state index in [1.165, 1.54) is 0 Å². The summed E-state index contributed by atoms with van der Waals surface area (Å²) in [5.41, 5.74) is 13.6. The molecule has 1 unspecified atom stereocenters. The smallest absolute Gasteiger partial charge is 0.333 e. The van der Waals surface area contributed by atoms with Gasteiger partial charge in [0.25, 0.3) is 0 Å². The molecule has 0 bridgehead atoms. The van der Waals surface area contributed by atoms with Crippen LogP contribution in [0.25, 0.3) is 0 Å². The van der Waals surface area contributed by atoms with Crippen molar-refractivity contribution in [2.24, 2.45) is 11.5 Å². The van der Waals surface area contributed by atoms with Gasteiger partial charge in [0, 0.05) is 18.7 Å². The highest BCUT2D eigenvalue weighted by Crippen LogP contribution is 2.09. The summed E-state index contributed by atoms with van der Waals surface area (Å²) in [6.07, 6.45) is 0.142. The van der Waals surface area contributed by atoms with E-state index < -0.39 is 0 Å². The zero-order valence-electron chi connectivity index (χ0n) is 11.8. The molecule has 1 aromatic carbocycles. The summed E-state index contributed by atoms with van der Waals surface area (Å²) in [4.78, 5) is 10.7. The number of hydrogen-bond acceptors (Lipinski definition) is 5. The van der Waals surface area contributed by atoms with Gasteiger partial charge in [0.1, 0.15) is 12.7 Å². The molecule has 1 heterocycles. The Morgan fingerprint density at radius 1 is 1.40 bits per heavy atom. The number of rotatable bonds is 5. The van der Waals surface area contributed by atoms with Crippen molar-refractivity contribution in [3.63, 3.8) is 0 Å². The molecule has 0 spiro atoms. The van der Waals surface area contributed by atoms with E-state index >= 15 is 0 Å². The molecular formula is C15H22N2O3. The van der Waals surface area contributed by atoms with Crippen molar-refractivity contribution in [3.05, 3.63) is 47.5 Å². The van der Waals surface area contributed by atoms with E-state index in [9.17, 15) is 4.79 Å². The molecule has 0 aliphatic carbocycles. The molecule has 1 saturated heterocycles. The first-order valence-electron chi connectivity index (χ1n) is 6.49. The maximum absolute atomic E-state index is 10.7. The molecule has 2 rings (SSSR count). The monoisotopic (exact) mass is 278 g/mol. The Morgan fingerprint density at radius 2 is 1.95 bits per heavy atom. The van der Waals surface area contributed by atoms with E-state index in [1.807, 2.05) is 24.3 Å². The SMILES string of the molecule is C=C(C)C(=O)OCC1CO1.NCc1cccc(CN)c1. The van der Waals surface area contributed by atoms with Gasteiger partial charge in [-0.15, -0.1) is 0 Å². The van der Waals surface area contributed by atoms with Gasteiger partial charge < -0.3 is 20.9 Å². The van der Waals surface area contributed by atoms with Crippen LogP contribution in [-0.2, 0) is 27.4 Å². The quantitative estimate of drug-likeness (QED) is 0.478. The summed E-state index contributed by atoms with van der Waals surface area (Å²) in [6.45, 7) is 7.32. The molecule has 0 radical (unpaired) electrons. The van der Waals surface area contributed by atoms with Crippen LogP contribution < -0.4 is 11.5 Å². The van der Waals surface area contributed by atoms with Crippen LogP contribution in [-0.4, -0.2) is 25.3 Å². The minimum absolute atomic E-state index is 0.142. The number of hydrogen-bond donors (Lipinski definition) is 2. The predicted octanol–water partition coefficient (Wildman–Crippen LogP) is 1.11. The Kier molecular flexibility index (Phi) is 6.93. The van der Waals surface area contributed by atoms with Crippen LogP contribution in [0.15, 0.2) is 36.4 Å². The molecule has 1 atom stereocenters. The molecule has 4 N–H and O–H groups in total. The van der Waals surface area contributed by atoms with Crippen LogP contribution in [0, 0.1) is 0 Å². The summed E-state index contributed by atoms with van der Waals surface area (Å²) in [6, 6.07) is 8.00. The Bertz CT molecular complexity index is 437. The van der Waals surface area contributed by atoms with Crippen molar-refractivity contribution in [3.8, 4) is 0 Å². The average Bonchev–Trinajstić information content (AvgIpc) is 3.29. The third-order valence-corrected chi connectivity index (χ3v) is 2.61. The van der Waals surface area contributed by atoms with Gasteiger partial charge in [0.05, 0.1) is 6.61 Å². The molecule has 1 aromatic rings. The van der Waals surface area contributed by atoms with Gasteiger partial charge in [0.2, 0.25) is 0 Å². The molecule has 20 heavy (non-hydrogen) atoms. The highest BCUT2D eigenvalue weighted by Gasteiger charge is 2.24. The van der Waals surface area contributed by atoms with Crippen LogP contribution in [0.4, 0.5) is 0 Å². The van der Waals surface area contributed by atoms with Gasteiger partial charge in [0.15, 0.2) is 0 Å². The fourth-order valence-electron chi connectivity index (χ4n) is 1.34. The van der Waals surface area contributed by atoms with Crippen LogP contribution in [0.3, 0.4) is 0 Å². The Morgan fingerprint density at radius 3 is 2.35 bits per heavy atom. The van der Waals surface area contributed by atoms with Gasteiger partial charge in [-0.2, -0.15) is 0 Å². The highest BCUT2D eigenvalue weighted by molar-refractivity contribution is 5.86. The first kappa shape index (κ1) is 16.4. The maximum Gasteiger partial charge on any atom is 0.333 e. The third kappa shape index (κ3) is 6.47. The summed E-state index contributed by atoms with van der Waals surface area (Å²) >= 11 is 0. The lowest BCUT2D eigenvalue weighted by Gasteiger charge is -1.99. The van der Waals surface area contributed by atoms with Crippen molar-refractivity contribution in [2.45, 2.75) is 26.1 Å². The van der Waals surface area contributed by atoms with E-state index in [2.05, 4.69) is 6.58 Å². The van der Waals surface area contributed by atoms with E-state index in [-0.39, 0.29) is 12.1 Å². The Labute approximate surface area is 119 Å². The zero-order valence-corrected chi connectivity index (χ0v) is 11.8. The van der Waals surface area contributed by atoms with Crippen molar-refractivity contribution < 1.29 is 14.3 Å². The summed E-state index contributed by atoms with van der Waals surface area (Å²) in [5, 5.41) is 0. The van der Waals surface area contributed by atoms with E-state index in [1.54, 1.807) is 6.92 Å². The molecule has 1 aliphatic rings. The second-order valence-corrected chi connectivity index (χ2v) is 4.56. The summed E-state index contributed by atoms with van der Waals surface area (Å²) in [7, 11) is 0. The van der Waals surface area contributed by atoms with Crippen LogP contribution in [0.1, 0.15) is 18.1 Å². The fourth-order valence-corrected chi connectivity index (χ4v) is 1.34. The molecule has 0 saturated carbocycles. The van der Waals surface area contributed by atoms with Gasteiger partial charge in [-0.05, 0) is 18.1 Å². The fraction of sp³-hybridized carbons (Fsp3) is 0.400. The van der Waals surface area contributed by atoms with Gasteiger partial charge in [-0.25, -0.2) is 4.79 Å². The largest absolute Gasteiger partial charge is 0.459 e. The van der Waals surface area contributed by atoms with Crippen molar-refractivity contribution in [1.82, 2.24) is 0 Å². The molecule has 5 heteroatoms. The molecule has 5 nitrogen and oxygen atoms in total. The Hall–Kier alpha value is -1.69. The molecule has 1 aliphatic heterocycles. The number of epoxide rings is 1. The first-order chi connectivity index (χ1) is 9.56. The molecular weight excluding hydrogens is 256 g/mol. The second-order valence-electron chi connectivity index (χ2n) is 4.56. The minimum atomic E-state index is -0.337. The Balaban J connectivity index is 0.000000200. The van der Waals surface area contributed by atoms with E-state index in [0.717, 1.165) is 11.1 Å². The van der Waals surface area contributed by atoms with Crippen LogP contribution >= 0.6 is 0 Å². The van der Waals surface area contributed by atoms with E-state index in [0.29, 0.717) is 31.9 Å². The summed E-state index contributed by atoms with van der Waals surface area (Å²) < 4.78 is 9.60. The van der Waals surface area contributed by atoms with Crippen LogP contribution in [0.5, 0.6) is 0 Å². The topological polar surface area (TPSA) is 90.9 Å². The van der Waals surface area contributed by atoms with Crippen LogP contribution in [0.2, 0.25) is 0 Å². The average molecular weight is 278 g/mol. The lowest BCUT2D eigenvalue weighted by Crippen LogP contribution is -2.09. The van der Waals surface area contributed by atoms with Crippen molar-refractivity contribution in [1.29, 1.82) is 0 Å². The maximum atomic E-state index is 10.7. The minimum Gasteiger partial charge on any atom is -0.459 e. The lowest BCUT2D eigenvalue weighted by atomic mass is 10.1. The number of carbonyl (C=O) groups excluding carboxylic acids is 1. The number of esters is 1. The van der Waals surface area contributed by atoms with Gasteiger partial charge in [-0.3, -0.25) is 0 Å². The van der Waals surface area contributed by atoms with Gasteiger partial charge >= 0.3 is 5.97 Å². The number of ether oxygens (including phenoxy) is 2. The number of benzene rings is 1. The third-order valence-electron chi connectivity index (χ3n) is 2.61. The number of nitrogens with two attached hydrogens (primary N) is 2. The van der Waals surface area contributed by atoms with Crippen molar-refractivity contribution in [2.75, 3.05) is 13.2 Å². The van der Waals surface area contributed by atoms with E-state index in [4.69, 9.17) is 20.9 Å². The number of carbonyl (C=O) groups is 1. The molecule has 0 amide bonds. The standard InChI is InChI=1S/C8H12N2.C7H10O3/c9-5-7-2-1-3-8(4-7)6-10;1-5(2)7(8)10-4-6-3-9-6/h1-4H,5-6,9-10H2;6H,1,3-4H2,2H3. The predicted molar refractivity (Wildman–Crippen MR) is 77.7 cm³/mol. The highest BCUT2D eigenvalue weighted by atomic mass is 16.6. The lowest BCUT2D eigenvalue weighted by molar-refractivity contribution is -0.139. The van der Waals surface area contributed by atoms with Gasteiger partial charge in [-0.1, -0.05) is 30.8 Å². The molecule has 0 aromatic heterocycles. The molecule has 1 fully saturated rings.